The fraction of sp³-hybridized carbons (Fsp3) is 0.368. The van der Waals surface area contributed by atoms with Crippen molar-refractivity contribution in [3.63, 3.8) is 0 Å². The van der Waals surface area contributed by atoms with E-state index in [-0.39, 0.29) is 24.0 Å². The summed E-state index contributed by atoms with van der Waals surface area (Å²) in [7, 11) is 5.54. The normalized spacial score (nSPS) is 11.8. The lowest BCUT2D eigenvalue weighted by atomic mass is 10.1. The van der Waals surface area contributed by atoms with Gasteiger partial charge >= 0.3 is 0 Å². The van der Waals surface area contributed by atoms with Crippen LogP contribution in [0, 0.1) is 6.92 Å². The summed E-state index contributed by atoms with van der Waals surface area (Å²) >= 11 is 3.57. The number of aliphatic hydroxyl groups excluding tert-OH is 1. The lowest BCUT2D eigenvalue weighted by Crippen LogP contribution is -2.35. The van der Waals surface area contributed by atoms with E-state index in [9.17, 15) is 9.90 Å². The number of halogens is 1. The van der Waals surface area contributed by atoms with Crippen molar-refractivity contribution in [3.05, 3.63) is 57.6 Å². The van der Waals surface area contributed by atoms with Gasteiger partial charge in [0.25, 0.3) is 11.7 Å². The van der Waals surface area contributed by atoms with Crippen LogP contribution < -0.4 is 0 Å². The van der Waals surface area contributed by atoms with Crippen LogP contribution in [0.3, 0.4) is 0 Å². The molecule has 1 N–H and O–H groups in total. The van der Waals surface area contributed by atoms with E-state index in [1.807, 2.05) is 31.2 Å². The van der Waals surface area contributed by atoms with Crippen LogP contribution in [0.2, 0.25) is 0 Å². The van der Waals surface area contributed by atoms with Gasteiger partial charge in [-0.15, -0.1) is 18.5 Å². The topological polar surface area (TPSA) is 83.6 Å². The minimum Gasteiger partial charge on any atom is -0.395 e. The van der Waals surface area contributed by atoms with Crippen LogP contribution >= 0.6 is 34.4 Å². The van der Waals surface area contributed by atoms with Crippen molar-refractivity contribution in [3.8, 4) is 0 Å². The van der Waals surface area contributed by atoms with Gasteiger partial charge < -0.3 is 10.0 Å². The summed E-state index contributed by atoms with van der Waals surface area (Å²) in [5, 5.41) is 13.7. The molecule has 2 aromatic heterocycles. The third-order valence-electron chi connectivity index (χ3n) is 4.55. The number of hydrogen-bond donors (Lipinski definition) is 1. The SMILES string of the molecule is Cc1cc(CCN(CCO)C(=O)c2ccc(C(C)(P)P)c(Br)c2)n2ncnc2n1. The third kappa shape index (κ3) is 5.18. The molecule has 1 amide bonds. The molecule has 2 heterocycles. The number of carbonyl (C=O) groups is 1. The van der Waals surface area contributed by atoms with Crippen LogP contribution in [-0.4, -0.2) is 55.2 Å². The molecule has 0 saturated carbocycles. The molecule has 0 spiro atoms. The average molecular weight is 496 g/mol. The van der Waals surface area contributed by atoms with E-state index in [4.69, 9.17) is 0 Å². The Morgan fingerprint density at radius 1 is 1.31 bits per heavy atom. The van der Waals surface area contributed by atoms with Gasteiger partial charge in [-0.2, -0.15) is 10.1 Å². The molecule has 7 nitrogen and oxygen atoms in total. The van der Waals surface area contributed by atoms with Crippen molar-refractivity contribution < 1.29 is 9.90 Å². The highest BCUT2D eigenvalue weighted by Gasteiger charge is 2.21. The molecule has 0 aliphatic heterocycles. The Bertz CT molecular complexity index is 1040. The molecule has 0 bridgehead atoms. The van der Waals surface area contributed by atoms with E-state index in [0.717, 1.165) is 21.4 Å². The Labute approximate surface area is 182 Å². The zero-order chi connectivity index (χ0) is 21.2. The van der Waals surface area contributed by atoms with Gasteiger partial charge in [0.05, 0.1) is 6.61 Å². The maximum atomic E-state index is 13.1. The molecule has 0 saturated heterocycles. The first-order valence-corrected chi connectivity index (χ1v) is 11.1. The zero-order valence-electron chi connectivity index (χ0n) is 16.3. The van der Waals surface area contributed by atoms with E-state index in [1.165, 1.54) is 6.33 Å². The first-order valence-electron chi connectivity index (χ1n) is 9.15. The van der Waals surface area contributed by atoms with Gasteiger partial charge in [-0.3, -0.25) is 4.79 Å². The Kier molecular flexibility index (Phi) is 7.00. The van der Waals surface area contributed by atoms with E-state index >= 15 is 0 Å². The van der Waals surface area contributed by atoms with Gasteiger partial charge in [-0.1, -0.05) is 22.0 Å². The number of carbonyl (C=O) groups excluding carboxylic acids is 1. The number of aliphatic hydroxyl groups is 1. The molecule has 2 atom stereocenters. The lowest BCUT2D eigenvalue weighted by molar-refractivity contribution is 0.0723. The number of fused-ring (bicyclic) bond motifs is 1. The molecular formula is C19H24BrN5O2P2. The van der Waals surface area contributed by atoms with Crippen LogP contribution in [0.4, 0.5) is 0 Å². The molecule has 154 valence electrons. The van der Waals surface area contributed by atoms with Crippen molar-refractivity contribution in [1.29, 1.82) is 0 Å². The molecule has 0 aliphatic rings. The van der Waals surface area contributed by atoms with E-state index in [1.54, 1.807) is 9.42 Å². The summed E-state index contributed by atoms with van der Waals surface area (Å²) in [6.45, 7) is 4.56. The molecule has 0 aliphatic carbocycles. The van der Waals surface area contributed by atoms with Crippen molar-refractivity contribution in [2.45, 2.75) is 25.2 Å². The van der Waals surface area contributed by atoms with Crippen molar-refractivity contribution in [2.75, 3.05) is 19.7 Å². The number of hydrogen-bond acceptors (Lipinski definition) is 5. The second-order valence-electron chi connectivity index (χ2n) is 7.10. The predicted molar refractivity (Wildman–Crippen MR) is 123 cm³/mol. The number of aryl methyl sites for hydroxylation is 1. The van der Waals surface area contributed by atoms with E-state index in [0.29, 0.717) is 24.3 Å². The summed E-state index contributed by atoms with van der Waals surface area (Å²) in [5.41, 5.74) is 3.40. The summed E-state index contributed by atoms with van der Waals surface area (Å²) in [5.74, 6) is 0.415. The summed E-state index contributed by atoms with van der Waals surface area (Å²) < 4.78 is 2.55. The highest BCUT2D eigenvalue weighted by Crippen LogP contribution is 2.41. The Morgan fingerprint density at radius 3 is 2.72 bits per heavy atom. The van der Waals surface area contributed by atoms with Gasteiger partial charge in [0.15, 0.2) is 0 Å². The van der Waals surface area contributed by atoms with Gasteiger partial charge in [0.2, 0.25) is 0 Å². The first kappa shape index (κ1) is 22.2. The Balaban J connectivity index is 1.81. The molecule has 0 radical (unpaired) electrons. The number of nitrogens with zero attached hydrogens (tertiary/aromatic N) is 5. The fourth-order valence-electron chi connectivity index (χ4n) is 3.14. The quantitative estimate of drug-likeness (QED) is 0.509. The number of benzene rings is 1. The van der Waals surface area contributed by atoms with E-state index in [2.05, 4.69) is 56.4 Å². The van der Waals surface area contributed by atoms with Crippen LogP contribution in [0.15, 0.2) is 35.1 Å². The van der Waals surface area contributed by atoms with E-state index < -0.39 is 0 Å². The maximum absolute atomic E-state index is 13.1. The monoisotopic (exact) mass is 495 g/mol. The standard InChI is InChI=1S/C19H24BrN5O2P2/c1-12-9-14(25-18(23-12)21-11-22-25)5-6-24(7-8-26)17(27)13-3-4-15(16(20)10-13)19(2,28)29/h3-4,9-11,26H,5-8,28-29H2,1-2H3. The summed E-state index contributed by atoms with van der Waals surface area (Å²) in [4.78, 5) is 23.0. The molecule has 10 heteroatoms. The Morgan fingerprint density at radius 2 is 2.07 bits per heavy atom. The van der Waals surface area contributed by atoms with Gasteiger partial charge in [0, 0.05) is 45.8 Å². The van der Waals surface area contributed by atoms with Crippen molar-refractivity contribution >= 4 is 46.1 Å². The van der Waals surface area contributed by atoms with Crippen molar-refractivity contribution in [1.82, 2.24) is 24.5 Å². The number of aromatic nitrogens is 4. The number of amides is 1. The zero-order valence-corrected chi connectivity index (χ0v) is 20.2. The fourth-order valence-corrected chi connectivity index (χ4v) is 4.87. The highest BCUT2D eigenvalue weighted by atomic mass is 79.9. The minimum atomic E-state index is -0.187. The van der Waals surface area contributed by atoms with Gasteiger partial charge in [-0.25, -0.2) is 9.50 Å². The largest absolute Gasteiger partial charge is 0.395 e. The van der Waals surface area contributed by atoms with Crippen molar-refractivity contribution in [2.24, 2.45) is 0 Å². The molecule has 3 aromatic rings. The van der Waals surface area contributed by atoms with Gasteiger partial charge in [-0.05, 0) is 37.6 Å². The average Bonchev–Trinajstić information content (AvgIpc) is 3.11. The molecule has 0 fully saturated rings. The second kappa shape index (κ2) is 9.13. The highest BCUT2D eigenvalue weighted by molar-refractivity contribution is 9.10. The van der Waals surface area contributed by atoms with Crippen LogP contribution in [0.5, 0.6) is 0 Å². The number of rotatable bonds is 7. The third-order valence-corrected chi connectivity index (χ3v) is 5.82. The first-order chi connectivity index (χ1) is 13.7. The molecule has 3 rings (SSSR count). The van der Waals surface area contributed by atoms with Gasteiger partial charge in [0.1, 0.15) is 6.33 Å². The second-order valence-corrected chi connectivity index (χ2v) is 11.0. The molecular weight excluding hydrogens is 472 g/mol. The molecule has 29 heavy (non-hydrogen) atoms. The molecule has 1 aromatic carbocycles. The van der Waals surface area contributed by atoms with Crippen LogP contribution in [-0.2, 0) is 11.3 Å². The van der Waals surface area contributed by atoms with Crippen LogP contribution in [0.1, 0.15) is 34.2 Å². The maximum Gasteiger partial charge on any atom is 0.253 e. The minimum absolute atomic E-state index is 0.103. The lowest BCUT2D eigenvalue weighted by Gasteiger charge is -2.24. The van der Waals surface area contributed by atoms with Crippen LogP contribution in [0.25, 0.3) is 5.78 Å². The Hall–Kier alpha value is -1.46. The molecule has 2 unspecified atom stereocenters. The summed E-state index contributed by atoms with van der Waals surface area (Å²) in [6, 6.07) is 7.54. The smallest absolute Gasteiger partial charge is 0.253 e. The summed E-state index contributed by atoms with van der Waals surface area (Å²) in [6.07, 6.45) is 2.04. The predicted octanol–water partition coefficient (Wildman–Crippen LogP) is 2.80.